The SMILES string of the molecule is CCOC(C)(C)CNCCn1ccnc1C. The Morgan fingerprint density at radius 2 is 2.25 bits per heavy atom. The van der Waals surface area contributed by atoms with E-state index >= 15 is 0 Å². The van der Waals surface area contributed by atoms with Crippen molar-refractivity contribution in [3.8, 4) is 0 Å². The van der Waals surface area contributed by atoms with E-state index in [1.54, 1.807) is 0 Å². The summed E-state index contributed by atoms with van der Waals surface area (Å²) in [6.07, 6.45) is 3.84. The maximum Gasteiger partial charge on any atom is 0.105 e. The Bertz CT molecular complexity index is 307. The number of imidazole rings is 1. The summed E-state index contributed by atoms with van der Waals surface area (Å²) in [6, 6.07) is 0. The number of aromatic nitrogens is 2. The van der Waals surface area contributed by atoms with Crippen molar-refractivity contribution in [2.24, 2.45) is 0 Å². The third-order valence-electron chi connectivity index (χ3n) is 2.54. The maximum atomic E-state index is 5.61. The zero-order chi connectivity index (χ0) is 12.0. The summed E-state index contributed by atoms with van der Waals surface area (Å²) in [5.74, 6) is 1.06. The van der Waals surface area contributed by atoms with E-state index in [-0.39, 0.29) is 5.60 Å². The Labute approximate surface area is 98.0 Å². The second-order valence-electron chi connectivity index (χ2n) is 4.54. The molecule has 4 heteroatoms. The number of nitrogens with one attached hydrogen (secondary N) is 1. The molecule has 1 aromatic rings. The molecule has 0 saturated heterocycles. The molecule has 1 heterocycles. The Morgan fingerprint density at radius 3 is 2.81 bits per heavy atom. The summed E-state index contributed by atoms with van der Waals surface area (Å²) in [6.45, 7) is 11.8. The van der Waals surface area contributed by atoms with Gasteiger partial charge >= 0.3 is 0 Å². The van der Waals surface area contributed by atoms with Gasteiger partial charge in [0.15, 0.2) is 0 Å². The van der Waals surface area contributed by atoms with Crippen LogP contribution in [0.5, 0.6) is 0 Å². The summed E-state index contributed by atoms with van der Waals surface area (Å²) in [5, 5.41) is 3.40. The molecule has 92 valence electrons. The van der Waals surface area contributed by atoms with Gasteiger partial charge in [-0.3, -0.25) is 0 Å². The van der Waals surface area contributed by atoms with E-state index in [1.165, 1.54) is 0 Å². The number of ether oxygens (including phenoxy) is 1. The number of hydrogen-bond acceptors (Lipinski definition) is 3. The predicted molar refractivity (Wildman–Crippen MR) is 65.5 cm³/mol. The van der Waals surface area contributed by atoms with Crippen LogP contribution in [-0.4, -0.2) is 34.8 Å². The molecule has 0 spiro atoms. The molecule has 0 unspecified atom stereocenters. The summed E-state index contributed by atoms with van der Waals surface area (Å²) < 4.78 is 7.75. The first kappa shape index (κ1) is 13.2. The van der Waals surface area contributed by atoms with Crippen molar-refractivity contribution in [2.45, 2.75) is 39.8 Å². The molecule has 0 aliphatic rings. The van der Waals surface area contributed by atoms with Crippen molar-refractivity contribution in [3.63, 3.8) is 0 Å². The average Bonchev–Trinajstić information content (AvgIpc) is 2.59. The van der Waals surface area contributed by atoms with Crippen molar-refractivity contribution < 1.29 is 4.74 Å². The van der Waals surface area contributed by atoms with Crippen LogP contribution in [0, 0.1) is 6.92 Å². The van der Waals surface area contributed by atoms with Gasteiger partial charge in [-0.2, -0.15) is 0 Å². The fraction of sp³-hybridized carbons (Fsp3) is 0.750. The predicted octanol–water partition coefficient (Wildman–Crippen LogP) is 1.60. The molecular weight excluding hydrogens is 202 g/mol. The molecule has 4 nitrogen and oxygen atoms in total. The van der Waals surface area contributed by atoms with E-state index in [9.17, 15) is 0 Å². The number of hydrogen-bond donors (Lipinski definition) is 1. The van der Waals surface area contributed by atoms with Crippen molar-refractivity contribution in [3.05, 3.63) is 18.2 Å². The van der Waals surface area contributed by atoms with Gasteiger partial charge in [-0.1, -0.05) is 0 Å². The van der Waals surface area contributed by atoms with Gasteiger partial charge in [0, 0.05) is 38.6 Å². The van der Waals surface area contributed by atoms with E-state index in [1.807, 2.05) is 26.2 Å². The van der Waals surface area contributed by atoms with Gasteiger partial charge < -0.3 is 14.6 Å². The summed E-state index contributed by atoms with van der Waals surface area (Å²) >= 11 is 0. The highest BCUT2D eigenvalue weighted by molar-refractivity contribution is 4.88. The molecule has 0 amide bonds. The molecule has 0 saturated carbocycles. The highest BCUT2D eigenvalue weighted by Gasteiger charge is 2.16. The maximum absolute atomic E-state index is 5.61. The third-order valence-corrected chi connectivity index (χ3v) is 2.54. The van der Waals surface area contributed by atoms with Crippen LogP contribution in [0.1, 0.15) is 26.6 Å². The Morgan fingerprint density at radius 1 is 1.50 bits per heavy atom. The Hall–Kier alpha value is -0.870. The summed E-state index contributed by atoms with van der Waals surface area (Å²) in [7, 11) is 0. The van der Waals surface area contributed by atoms with Crippen LogP contribution in [0.3, 0.4) is 0 Å². The second kappa shape index (κ2) is 6.01. The smallest absolute Gasteiger partial charge is 0.105 e. The lowest BCUT2D eigenvalue weighted by atomic mass is 10.1. The zero-order valence-corrected chi connectivity index (χ0v) is 10.8. The molecule has 0 bridgehead atoms. The first-order valence-corrected chi connectivity index (χ1v) is 5.87. The van der Waals surface area contributed by atoms with Gasteiger partial charge in [0.2, 0.25) is 0 Å². The van der Waals surface area contributed by atoms with Gasteiger partial charge in [-0.15, -0.1) is 0 Å². The minimum atomic E-state index is -0.0846. The van der Waals surface area contributed by atoms with Gasteiger partial charge in [0.1, 0.15) is 5.82 Å². The van der Waals surface area contributed by atoms with Gasteiger partial charge in [-0.05, 0) is 27.7 Å². The summed E-state index contributed by atoms with van der Waals surface area (Å²) in [5.41, 5.74) is -0.0846. The van der Waals surface area contributed by atoms with Crippen molar-refractivity contribution >= 4 is 0 Å². The van der Waals surface area contributed by atoms with E-state index in [4.69, 9.17) is 4.74 Å². The Kier molecular flexibility index (Phi) is 4.96. The third kappa shape index (κ3) is 4.33. The first-order valence-electron chi connectivity index (χ1n) is 5.87. The number of nitrogens with zero attached hydrogens (tertiary/aromatic N) is 2. The van der Waals surface area contributed by atoms with Crippen molar-refractivity contribution in [1.82, 2.24) is 14.9 Å². The second-order valence-corrected chi connectivity index (χ2v) is 4.54. The van der Waals surface area contributed by atoms with Crippen LogP contribution in [0.4, 0.5) is 0 Å². The fourth-order valence-corrected chi connectivity index (χ4v) is 1.67. The standard InChI is InChI=1S/C12H23N3O/c1-5-16-12(3,4)10-13-6-8-15-9-7-14-11(15)2/h7,9,13H,5-6,8,10H2,1-4H3. The van der Waals surface area contributed by atoms with Crippen LogP contribution in [0.2, 0.25) is 0 Å². The van der Waals surface area contributed by atoms with E-state index in [2.05, 4.69) is 28.7 Å². The highest BCUT2D eigenvalue weighted by atomic mass is 16.5. The highest BCUT2D eigenvalue weighted by Crippen LogP contribution is 2.06. The van der Waals surface area contributed by atoms with Gasteiger partial charge in [0.25, 0.3) is 0 Å². The average molecular weight is 225 g/mol. The molecule has 0 aliphatic carbocycles. The molecule has 1 N–H and O–H groups in total. The minimum absolute atomic E-state index is 0.0846. The Balaban J connectivity index is 2.19. The lowest BCUT2D eigenvalue weighted by Gasteiger charge is -2.25. The molecule has 16 heavy (non-hydrogen) atoms. The summed E-state index contributed by atoms with van der Waals surface area (Å²) in [4.78, 5) is 4.18. The zero-order valence-electron chi connectivity index (χ0n) is 10.8. The molecule has 0 atom stereocenters. The fourth-order valence-electron chi connectivity index (χ4n) is 1.67. The lowest BCUT2D eigenvalue weighted by Crippen LogP contribution is -2.38. The van der Waals surface area contributed by atoms with Crippen molar-refractivity contribution in [1.29, 1.82) is 0 Å². The number of aryl methyl sites for hydroxylation is 1. The van der Waals surface area contributed by atoms with Crippen LogP contribution in [0.15, 0.2) is 12.4 Å². The topological polar surface area (TPSA) is 39.1 Å². The van der Waals surface area contributed by atoms with E-state index < -0.39 is 0 Å². The minimum Gasteiger partial charge on any atom is -0.375 e. The van der Waals surface area contributed by atoms with Crippen LogP contribution >= 0.6 is 0 Å². The van der Waals surface area contributed by atoms with Gasteiger partial charge in [-0.25, -0.2) is 4.98 Å². The molecule has 1 rings (SSSR count). The molecular formula is C12H23N3O. The van der Waals surface area contributed by atoms with Crippen LogP contribution < -0.4 is 5.32 Å². The molecule has 0 aromatic carbocycles. The molecule has 0 fully saturated rings. The quantitative estimate of drug-likeness (QED) is 0.716. The van der Waals surface area contributed by atoms with Crippen LogP contribution in [0.25, 0.3) is 0 Å². The largest absolute Gasteiger partial charge is 0.375 e. The monoisotopic (exact) mass is 225 g/mol. The van der Waals surface area contributed by atoms with Crippen molar-refractivity contribution in [2.75, 3.05) is 19.7 Å². The first-order chi connectivity index (χ1) is 7.55. The number of rotatable bonds is 7. The molecule has 0 radical (unpaired) electrons. The normalized spacial score (nSPS) is 12.0. The van der Waals surface area contributed by atoms with E-state index in [0.29, 0.717) is 0 Å². The van der Waals surface area contributed by atoms with Gasteiger partial charge in [0.05, 0.1) is 5.60 Å². The molecule has 1 aromatic heterocycles. The lowest BCUT2D eigenvalue weighted by molar-refractivity contribution is -0.00874. The molecule has 0 aliphatic heterocycles. The van der Waals surface area contributed by atoms with Crippen LogP contribution in [-0.2, 0) is 11.3 Å². The van der Waals surface area contributed by atoms with E-state index in [0.717, 1.165) is 32.1 Å².